The van der Waals surface area contributed by atoms with Crippen molar-refractivity contribution in [2.45, 2.75) is 20.3 Å². The third-order valence-electron chi connectivity index (χ3n) is 3.68. The zero-order chi connectivity index (χ0) is 13.1. The number of H-pyrrole nitrogens is 1. The summed E-state index contributed by atoms with van der Waals surface area (Å²) >= 11 is 0. The summed E-state index contributed by atoms with van der Waals surface area (Å²) < 4.78 is 0. The Morgan fingerprint density at radius 2 is 2.06 bits per heavy atom. The van der Waals surface area contributed by atoms with Gasteiger partial charge in [-0.05, 0) is 25.5 Å². The number of nitrogens with one attached hydrogen (secondary N) is 1. The van der Waals surface area contributed by atoms with E-state index < -0.39 is 0 Å². The van der Waals surface area contributed by atoms with Crippen LogP contribution in [-0.4, -0.2) is 25.1 Å². The Kier molecular flexibility index (Phi) is 3.92. The van der Waals surface area contributed by atoms with E-state index in [1.807, 2.05) is 0 Å². The second-order valence-electron chi connectivity index (χ2n) is 5.03. The lowest BCUT2D eigenvalue weighted by atomic mass is 10.1. The SMILES string of the molecule is CCC(CN)CN(C)c1c(C)[nH]c2ccccc12. The van der Waals surface area contributed by atoms with Crippen LogP contribution in [0.3, 0.4) is 0 Å². The van der Waals surface area contributed by atoms with Crippen LogP contribution in [0.4, 0.5) is 5.69 Å². The Labute approximate surface area is 109 Å². The molecule has 0 saturated carbocycles. The van der Waals surface area contributed by atoms with Gasteiger partial charge in [0, 0.05) is 30.2 Å². The number of nitrogens with two attached hydrogens (primary N) is 1. The molecule has 0 radical (unpaired) electrons. The van der Waals surface area contributed by atoms with Gasteiger partial charge in [-0.3, -0.25) is 0 Å². The van der Waals surface area contributed by atoms with Crippen molar-refractivity contribution >= 4 is 16.6 Å². The first-order valence-corrected chi connectivity index (χ1v) is 6.65. The third-order valence-corrected chi connectivity index (χ3v) is 3.68. The van der Waals surface area contributed by atoms with Crippen LogP contribution in [0.15, 0.2) is 24.3 Å². The molecule has 0 fully saturated rings. The van der Waals surface area contributed by atoms with Crippen LogP contribution in [0, 0.1) is 12.8 Å². The molecule has 0 aliphatic heterocycles. The number of aryl methyl sites for hydroxylation is 1. The highest BCUT2D eigenvalue weighted by molar-refractivity contribution is 5.94. The minimum Gasteiger partial charge on any atom is -0.372 e. The molecular formula is C15H23N3. The predicted molar refractivity (Wildman–Crippen MR) is 79.1 cm³/mol. The molecule has 0 bridgehead atoms. The second kappa shape index (κ2) is 5.44. The van der Waals surface area contributed by atoms with Crippen molar-refractivity contribution in [1.29, 1.82) is 0 Å². The van der Waals surface area contributed by atoms with E-state index in [-0.39, 0.29) is 0 Å². The summed E-state index contributed by atoms with van der Waals surface area (Å²) in [6.45, 7) is 6.10. The van der Waals surface area contributed by atoms with E-state index in [1.54, 1.807) is 0 Å². The quantitative estimate of drug-likeness (QED) is 0.850. The Morgan fingerprint density at radius 1 is 1.33 bits per heavy atom. The first-order valence-electron chi connectivity index (χ1n) is 6.65. The van der Waals surface area contributed by atoms with Crippen molar-refractivity contribution in [1.82, 2.24) is 4.98 Å². The number of nitrogens with zero attached hydrogens (tertiary/aromatic N) is 1. The molecule has 3 nitrogen and oxygen atoms in total. The van der Waals surface area contributed by atoms with Gasteiger partial charge < -0.3 is 15.6 Å². The van der Waals surface area contributed by atoms with E-state index in [2.05, 4.69) is 55.0 Å². The maximum atomic E-state index is 5.80. The third kappa shape index (κ3) is 2.36. The summed E-state index contributed by atoms with van der Waals surface area (Å²) in [5, 5.41) is 1.30. The predicted octanol–water partition coefficient (Wildman–Crippen LogP) is 2.90. The van der Waals surface area contributed by atoms with Gasteiger partial charge in [-0.25, -0.2) is 0 Å². The molecule has 2 rings (SSSR count). The van der Waals surface area contributed by atoms with Crippen LogP contribution >= 0.6 is 0 Å². The molecule has 1 atom stereocenters. The summed E-state index contributed by atoms with van der Waals surface area (Å²) in [5.74, 6) is 0.558. The van der Waals surface area contributed by atoms with E-state index >= 15 is 0 Å². The van der Waals surface area contributed by atoms with Crippen molar-refractivity contribution < 1.29 is 0 Å². The molecule has 0 aliphatic carbocycles. The lowest BCUT2D eigenvalue weighted by Gasteiger charge is -2.24. The molecule has 3 N–H and O–H groups in total. The Hall–Kier alpha value is -1.48. The highest BCUT2D eigenvalue weighted by Gasteiger charge is 2.14. The summed E-state index contributed by atoms with van der Waals surface area (Å²) in [4.78, 5) is 5.77. The van der Waals surface area contributed by atoms with Gasteiger partial charge >= 0.3 is 0 Å². The number of benzene rings is 1. The van der Waals surface area contributed by atoms with Gasteiger partial charge in [0.1, 0.15) is 0 Å². The summed E-state index contributed by atoms with van der Waals surface area (Å²) in [7, 11) is 2.15. The molecule has 0 amide bonds. The van der Waals surface area contributed by atoms with Gasteiger partial charge in [0.05, 0.1) is 5.69 Å². The zero-order valence-corrected chi connectivity index (χ0v) is 11.5. The number of hydrogen-bond donors (Lipinski definition) is 2. The molecule has 3 heteroatoms. The Morgan fingerprint density at radius 3 is 2.72 bits per heavy atom. The summed E-state index contributed by atoms with van der Waals surface area (Å²) in [5.41, 5.74) is 9.54. The van der Waals surface area contributed by atoms with Crippen LogP contribution in [0.25, 0.3) is 10.9 Å². The average Bonchev–Trinajstić information content (AvgIpc) is 2.71. The van der Waals surface area contributed by atoms with Gasteiger partial charge in [-0.2, -0.15) is 0 Å². The monoisotopic (exact) mass is 245 g/mol. The molecule has 1 aromatic heterocycles. The number of rotatable bonds is 5. The highest BCUT2D eigenvalue weighted by Crippen LogP contribution is 2.30. The number of hydrogen-bond acceptors (Lipinski definition) is 2. The number of para-hydroxylation sites is 1. The molecule has 1 heterocycles. The molecular weight excluding hydrogens is 222 g/mol. The lowest BCUT2D eigenvalue weighted by molar-refractivity contribution is 0.521. The molecule has 98 valence electrons. The average molecular weight is 245 g/mol. The molecule has 1 aromatic carbocycles. The molecule has 1 unspecified atom stereocenters. The van der Waals surface area contributed by atoms with Crippen LogP contribution in [0.1, 0.15) is 19.0 Å². The van der Waals surface area contributed by atoms with E-state index in [4.69, 9.17) is 5.73 Å². The van der Waals surface area contributed by atoms with Crippen LogP contribution in [-0.2, 0) is 0 Å². The van der Waals surface area contributed by atoms with E-state index in [0.29, 0.717) is 5.92 Å². The van der Waals surface area contributed by atoms with Crippen LogP contribution in [0.5, 0.6) is 0 Å². The topological polar surface area (TPSA) is 45.0 Å². The summed E-state index contributed by atoms with van der Waals surface area (Å²) in [6, 6.07) is 8.46. The fraction of sp³-hybridized carbons (Fsp3) is 0.467. The standard InChI is InChI=1S/C15H23N3/c1-4-12(9-16)10-18(3)15-11(2)17-14-8-6-5-7-13(14)15/h5-8,12,17H,4,9-10,16H2,1-3H3. The molecule has 0 aliphatic rings. The van der Waals surface area contributed by atoms with Crippen molar-refractivity contribution in [3.05, 3.63) is 30.0 Å². The number of fused-ring (bicyclic) bond motifs is 1. The first kappa shape index (κ1) is 13.0. The maximum Gasteiger partial charge on any atom is 0.0651 e. The number of aromatic amines is 1. The Balaban J connectivity index is 2.32. The fourth-order valence-electron chi connectivity index (χ4n) is 2.60. The van der Waals surface area contributed by atoms with Crippen molar-refractivity contribution in [3.63, 3.8) is 0 Å². The first-order chi connectivity index (χ1) is 8.67. The van der Waals surface area contributed by atoms with Crippen molar-refractivity contribution in [2.75, 3.05) is 25.0 Å². The molecule has 2 aromatic rings. The maximum absolute atomic E-state index is 5.80. The molecule has 18 heavy (non-hydrogen) atoms. The van der Waals surface area contributed by atoms with Crippen molar-refractivity contribution in [3.8, 4) is 0 Å². The van der Waals surface area contributed by atoms with E-state index in [0.717, 1.165) is 19.5 Å². The van der Waals surface area contributed by atoms with Gasteiger partial charge in [0.2, 0.25) is 0 Å². The van der Waals surface area contributed by atoms with Gasteiger partial charge in [0.15, 0.2) is 0 Å². The van der Waals surface area contributed by atoms with Gasteiger partial charge in [-0.1, -0.05) is 31.5 Å². The fourth-order valence-corrected chi connectivity index (χ4v) is 2.60. The normalized spacial score (nSPS) is 12.9. The number of aromatic nitrogens is 1. The highest BCUT2D eigenvalue weighted by atomic mass is 15.1. The minimum absolute atomic E-state index is 0.558. The van der Waals surface area contributed by atoms with Gasteiger partial charge in [-0.15, -0.1) is 0 Å². The van der Waals surface area contributed by atoms with E-state index in [1.165, 1.54) is 22.3 Å². The summed E-state index contributed by atoms with van der Waals surface area (Å²) in [6.07, 6.45) is 1.13. The van der Waals surface area contributed by atoms with Crippen LogP contribution < -0.4 is 10.6 Å². The second-order valence-corrected chi connectivity index (χ2v) is 5.03. The Bertz CT molecular complexity index is 511. The van der Waals surface area contributed by atoms with Gasteiger partial charge in [0.25, 0.3) is 0 Å². The minimum atomic E-state index is 0.558. The zero-order valence-electron chi connectivity index (χ0n) is 11.5. The smallest absolute Gasteiger partial charge is 0.0651 e. The molecule has 0 spiro atoms. The van der Waals surface area contributed by atoms with Crippen LogP contribution in [0.2, 0.25) is 0 Å². The van der Waals surface area contributed by atoms with E-state index in [9.17, 15) is 0 Å². The lowest BCUT2D eigenvalue weighted by Crippen LogP contribution is -2.29. The largest absolute Gasteiger partial charge is 0.372 e. The van der Waals surface area contributed by atoms with Crippen molar-refractivity contribution in [2.24, 2.45) is 11.7 Å². The molecule has 0 saturated heterocycles. The number of anilines is 1.